The normalized spacial score (nSPS) is 10.2. The van der Waals surface area contributed by atoms with Crippen LogP contribution in [-0.4, -0.2) is 21.4 Å². The van der Waals surface area contributed by atoms with Gasteiger partial charge in [-0.1, -0.05) is 6.07 Å². The van der Waals surface area contributed by atoms with Crippen molar-refractivity contribution in [3.8, 4) is 5.75 Å². The van der Waals surface area contributed by atoms with Crippen LogP contribution in [0, 0.1) is 5.82 Å². The summed E-state index contributed by atoms with van der Waals surface area (Å²) in [6, 6.07) is 6.05. The molecule has 0 amide bonds. The van der Waals surface area contributed by atoms with E-state index in [2.05, 4.69) is 10.1 Å². The maximum absolute atomic E-state index is 12.8. The fourth-order valence-electron chi connectivity index (χ4n) is 1.16. The highest BCUT2D eigenvalue weighted by molar-refractivity contribution is 5.22. The van der Waals surface area contributed by atoms with Crippen molar-refractivity contribution in [2.24, 2.45) is 0 Å². The predicted molar refractivity (Wildman–Crippen MR) is 51.9 cm³/mol. The van der Waals surface area contributed by atoms with Crippen molar-refractivity contribution in [2.45, 2.75) is 6.54 Å². The van der Waals surface area contributed by atoms with E-state index < -0.39 is 0 Å². The van der Waals surface area contributed by atoms with Gasteiger partial charge in [-0.15, -0.1) is 0 Å². The SMILES string of the molecule is Fc1cccc(OCCn2cncn2)c1. The van der Waals surface area contributed by atoms with Crippen molar-refractivity contribution in [2.75, 3.05) is 6.61 Å². The zero-order valence-corrected chi connectivity index (χ0v) is 8.01. The van der Waals surface area contributed by atoms with Crippen LogP contribution < -0.4 is 4.74 Å². The van der Waals surface area contributed by atoms with Gasteiger partial charge in [-0.3, -0.25) is 0 Å². The molecule has 0 saturated heterocycles. The molecule has 0 saturated carbocycles. The van der Waals surface area contributed by atoms with Crippen molar-refractivity contribution < 1.29 is 9.13 Å². The molecule has 0 N–H and O–H groups in total. The van der Waals surface area contributed by atoms with Crippen LogP contribution in [0.3, 0.4) is 0 Å². The average molecular weight is 207 g/mol. The second-order valence-electron chi connectivity index (χ2n) is 2.96. The molecular formula is C10H10FN3O. The van der Waals surface area contributed by atoms with Crippen molar-refractivity contribution in [1.82, 2.24) is 14.8 Å². The van der Waals surface area contributed by atoms with E-state index in [4.69, 9.17) is 4.74 Å². The second kappa shape index (κ2) is 4.54. The van der Waals surface area contributed by atoms with Crippen LogP contribution in [-0.2, 0) is 6.54 Å². The molecule has 1 heterocycles. The van der Waals surface area contributed by atoms with Crippen molar-refractivity contribution >= 4 is 0 Å². The Labute approximate surface area is 86.3 Å². The largest absolute Gasteiger partial charge is 0.492 e. The molecule has 5 heteroatoms. The summed E-state index contributed by atoms with van der Waals surface area (Å²) in [5.74, 6) is 0.225. The molecule has 15 heavy (non-hydrogen) atoms. The third-order valence-corrected chi connectivity index (χ3v) is 1.85. The molecule has 4 nitrogen and oxygen atoms in total. The van der Waals surface area contributed by atoms with Crippen molar-refractivity contribution in [3.63, 3.8) is 0 Å². The first-order valence-electron chi connectivity index (χ1n) is 4.55. The number of benzene rings is 1. The Balaban J connectivity index is 1.83. The van der Waals surface area contributed by atoms with E-state index in [9.17, 15) is 4.39 Å². The van der Waals surface area contributed by atoms with Gasteiger partial charge >= 0.3 is 0 Å². The molecule has 1 aromatic carbocycles. The van der Waals surface area contributed by atoms with Crippen LogP contribution in [0.25, 0.3) is 0 Å². The van der Waals surface area contributed by atoms with Gasteiger partial charge in [0.2, 0.25) is 0 Å². The number of rotatable bonds is 4. The smallest absolute Gasteiger partial charge is 0.137 e. The molecule has 2 rings (SSSR count). The first-order chi connectivity index (χ1) is 7.34. The van der Waals surface area contributed by atoms with E-state index in [1.165, 1.54) is 18.5 Å². The molecule has 1 aromatic heterocycles. The highest BCUT2D eigenvalue weighted by atomic mass is 19.1. The number of nitrogens with zero attached hydrogens (tertiary/aromatic N) is 3. The minimum absolute atomic E-state index is 0.298. The van der Waals surface area contributed by atoms with Crippen LogP contribution in [0.4, 0.5) is 4.39 Å². The zero-order valence-electron chi connectivity index (χ0n) is 8.01. The lowest BCUT2D eigenvalue weighted by Crippen LogP contribution is -2.08. The monoisotopic (exact) mass is 207 g/mol. The fraction of sp³-hybridized carbons (Fsp3) is 0.200. The third kappa shape index (κ3) is 2.77. The standard InChI is InChI=1S/C10H10FN3O/c11-9-2-1-3-10(6-9)15-5-4-14-8-12-7-13-14/h1-3,6-8H,4-5H2. The molecule has 0 spiro atoms. The van der Waals surface area contributed by atoms with Gasteiger partial charge in [0.1, 0.15) is 30.8 Å². The van der Waals surface area contributed by atoms with Crippen LogP contribution in [0.15, 0.2) is 36.9 Å². The maximum atomic E-state index is 12.8. The highest BCUT2D eigenvalue weighted by Gasteiger charge is 1.96. The quantitative estimate of drug-likeness (QED) is 0.762. The Bertz CT molecular complexity index is 416. The maximum Gasteiger partial charge on any atom is 0.137 e. The molecule has 0 atom stereocenters. The summed E-state index contributed by atoms with van der Waals surface area (Å²) in [7, 11) is 0. The Morgan fingerprint density at radius 3 is 3.07 bits per heavy atom. The zero-order chi connectivity index (χ0) is 10.5. The van der Waals surface area contributed by atoms with Gasteiger partial charge in [0.25, 0.3) is 0 Å². The summed E-state index contributed by atoms with van der Waals surface area (Å²) in [6.45, 7) is 1.03. The second-order valence-corrected chi connectivity index (χ2v) is 2.96. The lowest BCUT2D eigenvalue weighted by Gasteiger charge is -2.05. The molecule has 0 aliphatic heterocycles. The molecule has 2 aromatic rings. The average Bonchev–Trinajstić information content (AvgIpc) is 2.71. The Kier molecular flexibility index (Phi) is 2.92. The number of hydrogen-bond donors (Lipinski definition) is 0. The fourth-order valence-corrected chi connectivity index (χ4v) is 1.16. The predicted octanol–water partition coefficient (Wildman–Crippen LogP) is 1.50. The molecule has 78 valence electrons. The van der Waals surface area contributed by atoms with Crippen molar-refractivity contribution in [3.05, 3.63) is 42.7 Å². The molecule has 0 radical (unpaired) electrons. The molecule has 0 fully saturated rings. The summed E-state index contributed by atoms with van der Waals surface area (Å²) in [5.41, 5.74) is 0. The van der Waals surface area contributed by atoms with Crippen LogP contribution in [0.1, 0.15) is 0 Å². The van der Waals surface area contributed by atoms with E-state index in [0.29, 0.717) is 18.9 Å². The van der Waals surface area contributed by atoms with Gasteiger partial charge in [0, 0.05) is 6.07 Å². The van der Waals surface area contributed by atoms with E-state index >= 15 is 0 Å². The number of hydrogen-bond acceptors (Lipinski definition) is 3. The summed E-state index contributed by atoms with van der Waals surface area (Å²) in [6.07, 6.45) is 3.07. The lowest BCUT2D eigenvalue weighted by molar-refractivity contribution is 0.290. The highest BCUT2D eigenvalue weighted by Crippen LogP contribution is 2.11. The van der Waals surface area contributed by atoms with Gasteiger partial charge < -0.3 is 4.74 Å². The Hall–Kier alpha value is -1.91. The first kappa shape index (κ1) is 9.64. The topological polar surface area (TPSA) is 39.9 Å². The summed E-state index contributed by atoms with van der Waals surface area (Å²) in [4.78, 5) is 3.80. The minimum atomic E-state index is -0.298. The van der Waals surface area contributed by atoms with E-state index in [1.807, 2.05) is 0 Å². The van der Waals surface area contributed by atoms with E-state index in [1.54, 1.807) is 23.1 Å². The number of halogens is 1. The van der Waals surface area contributed by atoms with E-state index in [0.717, 1.165) is 0 Å². The van der Waals surface area contributed by atoms with Crippen LogP contribution in [0.5, 0.6) is 5.75 Å². The van der Waals surface area contributed by atoms with Gasteiger partial charge in [-0.05, 0) is 12.1 Å². The number of ether oxygens (including phenoxy) is 1. The molecule has 0 unspecified atom stereocenters. The van der Waals surface area contributed by atoms with Gasteiger partial charge in [0.15, 0.2) is 0 Å². The van der Waals surface area contributed by atoms with Gasteiger partial charge in [-0.2, -0.15) is 5.10 Å². The minimum Gasteiger partial charge on any atom is -0.492 e. The summed E-state index contributed by atoms with van der Waals surface area (Å²) in [5, 5.41) is 3.92. The molecule has 0 aliphatic rings. The third-order valence-electron chi connectivity index (χ3n) is 1.85. The Morgan fingerprint density at radius 1 is 1.40 bits per heavy atom. The lowest BCUT2D eigenvalue weighted by atomic mass is 10.3. The Morgan fingerprint density at radius 2 is 2.33 bits per heavy atom. The summed E-state index contributed by atoms with van der Waals surface area (Å²) >= 11 is 0. The first-order valence-corrected chi connectivity index (χ1v) is 4.55. The van der Waals surface area contributed by atoms with Crippen molar-refractivity contribution in [1.29, 1.82) is 0 Å². The van der Waals surface area contributed by atoms with Gasteiger partial charge in [-0.25, -0.2) is 14.1 Å². The van der Waals surface area contributed by atoms with E-state index in [-0.39, 0.29) is 5.82 Å². The molecular weight excluding hydrogens is 197 g/mol. The summed E-state index contributed by atoms with van der Waals surface area (Å²) < 4.78 is 19.7. The van der Waals surface area contributed by atoms with Crippen LogP contribution in [0.2, 0.25) is 0 Å². The molecule has 0 aliphatic carbocycles. The van der Waals surface area contributed by atoms with Crippen LogP contribution >= 0.6 is 0 Å². The number of aromatic nitrogens is 3. The van der Waals surface area contributed by atoms with Gasteiger partial charge in [0.05, 0.1) is 6.54 Å². The molecule has 0 bridgehead atoms.